The van der Waals surface area contributed by atoms with Gasteiger partial charge in [0.05, 0.1) is 5.52 Å². The number of nitrogens with zero attached hydrogens (tertiary/aromatic N) is 1. The highest BCUT2D eigenvalue weighted by Gasteiger charge is 2.14. The molecule has 0 saturated carbocycles. The number of rotatable bonds is 2. The molecule has 1 N–H and O–H groups in total. The van der Waals surface area contributed by atoms with Crippen LogP contribution in [0.2, 0.25) is 0 Å². The Balaban J connectivity index is 2.07. The molecule has 1 atom stereocenters. The van der Waals surface area contributed by atoms with Gasteiger partial charge in [-0.05, 0) is 36.1 Å². The van der Waals surface area contributed by atoms with Crippen LogP contribution in [0.5, 0.6) is 0 Å². The highest BCUT2D eigenvalue weighted by molar-refractivity contribution is 7.10. The predicted molar refractivity (Wildman–Crippen MR) is 74.9 cm³/mol. The topological polar surface area (TPSA) is 33.1 Å². The number of para-hydroxylation sites is 1. The van der Waals surface area contributed by atoms with Crippen molar-refractivity contribution in [2.75, 3.05) is 0 Å². The molecule has 2 aromatic heterocycles. The summed E-state index contributed by atoms with van der Waals surface area (Å²) >= 11 is 1.58. The maximum absolute atomic E-state index is 10.4. The minimum Gasteiger partial charge on any atom is -0.383 e. The van der Waals surface area contributed by atoms with Crippen molar-refractivity contribution in [3.8, 4) is 0 Å². The van der Waals surface area contributed by atoms with Gasteiger partial charge in [-0.3, -0.25) is 4.98 Å². The third-order valence-corrected chi connectivity index (χ3v) is 4.15. The Hall–Kier alpha value is -1.71. The van der Waals surface area contributed by atoms with E-state index in [-0.39, 0.29) is 0 Å². The van der Waals surface area contributed by atoms with Crippen molar-refractivity contribution in [3.05, 3.63) is 64.0 Å². The summed E-state index contributed by atoms with van der Waals surface area (Å²) in [6, 6.07) is 12.0. The molecule has 18 heavy (non-hydrogen) atoms. The van der Waals surface area contributed by atoms with Crippen molar-refractivity contribution in [2.45, 2.75) is 13.0 Å². The third-order valence-electron chi connectivity index (χ3n) is 3.08. The molecule has 2 nitrogen and oxygen atoms in total. The van der Waals surface area contributed by atoms with Gasteiger partial charge in [-0.25, -0.2) is 0 Å². The monoisotopic (exact) mass is 255 g/mol. The molecule has 0 fully saturated rings. The summed E-state index contributed by atoms with van der Waals surface area (Å²) < 4.78 is 0. The molecule has 1 aromatic carbocycles. The molecule has 2 heterocycles. The lowest BCUT2D eigenvalue weighted by Gasteiger charge is -2.11. The first-order chi connectivity index (χ1) is 8.75. The molecule has 0 aliphatic rings. The van der Waals surface area contributed by atoms with Crippen LogP contribution < -0.4 is 0 Å². The zero-order valence-electron chi connectivity index (χ0n) is 10.00. The van der Waals surface area contributed by atoms with Crippen molar-refractivity contribution in [1.82, 2.24) is 4.98 Å². The number of fused-ring (bicyclic) bond motifs is 1. The van der Waals surface area contributed by atoms with Gasteiger partial charge in [0, 0.05) is 22.0 Å². The summed E-state index contributed by atoms with van der Waals surface area (Å²) in [6.07, 6.45) is 1.17. The Morgan fingerprint density at radius 2 is 2.06 bits per heavy atom. The van der Waals surface area contributed by atoms with Crippen LogP contribution >= 0.6 is 11.3 Å². The van der Waals surface area contributed by atoms with Crippen molar-refractivity contribution in [2.24, 2.45) is 0 Å². The molecule has 0 aliphatic carbocycles. The fraction of sp³-hybridized carbons (Fsp3) is 0.133. The smallest absolute Gasteiger partial charge is 0.115 e. The van der Waals surface area contributed by atoms with E-state index in [2.05, 4.69) is 4.98 Å². The number of hydrogen-bond donors (Lipinski definition) is 1. The second kappa shape index (κ2) is 4.52. The van der Waals surface area contributed by atoms with Gasteiger partial charge in [0.2, 0.25) is 0 Å². The Bertz CT molecular complexity index is 690. The van der Waals surface area contributed by atoms with E-state index in [4.69, 9.17) is 0 Å². The SMILES string of the molecule is Cc1ccsc1C(O)c1cnc2ccccc2c1. The van der Waals surface area contributed by atoms with Crippen LogP contribution in [0, 0.1) is 6.92 Å². The number of aliphatic hydroxyl groups is 1. The first-order valence-corrected chi connectivity index (χ1v) is 6.70. The zero-order chi connectivity index (χ0) is 12.5. The van der Waals surface area contributed by atoms with E-state index in [1.54, 1.807) is 17.5 Å². The van der Waals surface area contributed by atoms with Crippen LogP contribution in [0.3, 0.4) is 0 Å². The van der Waals surface area contributed by atoms with Crippen LogP contribution in [0.25, 0.3) is 10.9 Å². The van der Waals surface area contributed by atoms with E-state index < -0.39 is 6.10 Å². The van der Waals surface area contributed by atoms with Crippen molar-refractivity contribution in [3.63, 3.8) is 0 Å². The molecule has 90 valence electrons. The quantitative estimate of drug-likeness (QED) is 0.757. The number of benzene rings is 1. The standard InChI is InChI=1S/C15H13NOS/c1-10-6-7-18-15(10)14(17)12-8-11-4-2-3-5-13(11)16-9-12/h2-9,14,17H,1H3. The normalized spacial score (nSPS) is 12.8. The van der Waals surface area contributed by atoms with Crippen LogP contribution in [0.1, 0.15) is 22.1 Å². The van der Waals surface area contributed by atoms with Gasteiger partial charge in [-0.1, -0.05) is 18.2 Å². The number of pyridine rings is 1. The highest BCUT2D eigenvalue weighted by atomic mass is 32.1. The summed E-state index contributed by atoms with van der Waals surface area (Å²) in [4.78, 5) is 5.38. The molecule has 3 rings (SSSR count). The Morgan fingerprint density at radius 1 is 1.22 bits per heavy atom. The predicted octanol–water partition coefficient (Wildman–Crippen LogP) is 3.69. The van der Waals surface area contributed by atoms with Gasteiger partial charge in [0.15, 0.2) is 0 Å². The van der Waals surface area contributed by atoms with Crippen molar-refractivity contribution in [1.29, 1.82) is 0 Å². The summed E-state index contributed by atoms with van der Waals surface area (Å²) in [7, 11) is 0. The van der Waals surface area contributed by atoms with Gasteiger partial charge in [0.1, 0.15) is 6.10 Å². The van der Waals surface area contributed by atoms with Crippen LogP contribution in [0.4, 0.5) is 0 Å². The van der Waals surface area contributed by atoms with E-state index in [0.717, 1.165) is 26.9 Å². The first-order valence-electron chi connectivity index (χ1n) is 5.82. The lowest BCUT2D eigenvalue weighted by atomic mass is 10.1. The average Bonchev–Trinajstić information content (AvgIpc) is 2.83. The lowest BCUT2D eigenvalue weighted by Crippen LogP contribution is -1.99. The number of aliphatic hydroxyl groups excluding tert-OH is 1. The van der Waals surface area contributed by atoms with E-state index in [9.17, 15) is 5.11 Å². The Morgan fingerprint density at radius 3 is 2.83 bits per heavy atom. The Labute approximate surface area is 110 Å². The summed E-state index contributed by atoms with van der Waals surface area (Å²) in [5.74, 6) is 0. The lowest BCUT2D eigenvalue weighted by molar-refractivity contribution is 0.223. The number of thiophene rings is 1. The molecule has 0 aliphatic heterocycles. The van der Waals surface area contributed by atoms with Crippen LogP contribution in [-0.2, 0) is 0 Å². The van der Waals surface area contributed by atoms with Gasteiger partial charge in [0.25, 0.3) is 0 Å². The second-order valence-corrected chi connectivity index (χ2v) is 5.28. The highest BCUT2D eigenvalue weighted by Crippen LogP contribution is 2.30. The number of aromatic nitrogens is 1. The van der Waals surface area contributed by atoms with E-state index >= 15 is 0 Å². The molecular formula is C15H13NOS. The third kappa shape index (κ3) is 1.92. The minimum atomic E-state index is -0.581. The van der Waals surface area contributed by atoms with E-state index in [1.165, 1.54) is 0 Å². The molecule has 0 bridgehead atoms. The summed E-state index contributed by atoms with van der Waals surface area (Å²) in [5.41, 5.74) is 2.93. The summed E-state index contributed by atoms with van der Waals surface area (Å²) in [6.45, 7) is 2.02. The summed E-state index contributed by atoms with van der Waals surface area (Å²) in [5, 5.41) is 13.5. The number of hydrogen-bond acceptors (Lipinski definition) is 3. The Kier molecular flexibility index (Phi) is 2.86. The second-order valence-electron chi connectivity index (χ2n) is 4.33. The minimum absolute atomic E-state index is 0.581. The molecule has 3 heteroatoms. The van der Waals surface area contributed by atoms with Crippen LogP contribution in [-0.4, -0.2) is 10.1 Å². The largest absolute Gasteiger partial charge is 0.383 e. The molecule has 0 radical (unpaired) electrons. The fourth-order valence-electron chi connectivity index (χ4n) is 2.05. The molecule has 1 unspecified atom stereocenters. The first kappa shape index (κ1) is 11.4. The fourth-order valence-corrected chi connectivity index (χ4v) is 2.99. The number of aryl methyl sites for hydroxylation is 1. The van der Waals surface area contributed by atoms with Crippen molar-refractivity contribution < 1.29 is 5.11 Å². The molecule has 0 saturated heterocycles. The maximum atomic E-state index is 10.4. The average molecular weight is 255 g/mol. The van der Waals surface area contributed by atoms with Gasteiger partial charge in [-0.2, -0.15) is 0 Å². The molecule has 3 aromatic rings. The van der Waals surface area contributed by atoms with Gasteiger partial charge in [-0.15, -0.1) is 11.3 Å². The van der Waals surface area contributed by atoms with Gasteiger partial charge >= 0.3 is 0 Å². The molecular weight excluding hydrogens is 242 g/mol. The maximum Gasteiger partial charge on any atom is 0.115 e. The van der Waals surface area contributed by atoms with Gasteiger partial charge < -0.3 is 5.11 Å². The molecule has 0 spiro atoms. The molecule has 0 amide bonds. The van der Waals surface area contributed by atoms with Crippen molar-refractivity contribution >= 4 is 22.2 Å². The van der Waals surface area contributed by atoms with E-state index in [0.29, 0.717) is 0 Å². The zero-order valence-corrected chi connectivity index (χ0v) is 10.8. The van der Waals surface area contributed by atoms with E-state index in [1.807, 2.05) is 48.7 Å². The van der Waals surface area contributed by atoms with Crippen LogP contribution in [0.15, 0.2) is 48.0 Å².